The third-order valence-electron chi connectivity index (χ3n) is 4.20. The molecule has 2 aliphatic heterocycles. The van der Waals surface area contributed by atoms with Gasteiger partial charge in [-0.15, -0.1) is 0 Å². The first kappa shape index (κ1) is 18.0. The normalized spacial score (nSPS) is 53.5. The lowest BCUT2D eigenvalue weighted by molar-refractivity contribution is -0.335. The molecule has 22 heavy (non-hydrogen) atoms. The standard InChI is InChI=1S/C13H24O9/c1-4-7(15)9(17)11(19)13(21-4)22-12-5(2)20-6(3-14)8(16)10(12)18/h4-19H,3H2,1-2H3/t4?,5?,6-,7?,8-,9+,10?,11+,12+,13+/m1/s1. The van der Waals surface area contributed by atoms with Gasteiger partial charge in [0.2, 0.25) is 0 Å². The van der Waals surface area contributed by atoms with E-state index in [2.05, 4.69) is 0 Å². The average Bonchev–Trinajstić information content (AvgIpc) is 2.49. The van der Waals surface area contributed by atoms with Gasteiger partial charge in [0.1, 0.15) is 42.7 Å². The minimum atomic E-state index is -1.52. The second-order valence-corrected chi connectivity index (χ2v) is 5.83. The highest BCUT2D eigenvalue weighted by Crippen LogP contribution is 2.28. The Balaban J connectivity index is 2.06. The zero-order valence-corrected chi connectivity index (χ0v) is 12.4. The molecule has 2 aliphatic rings. The van der Waals surface area contributed by atoms with E-state index in [1.807, 2.05) is 0 Å². The van der Waals surface area contributed by atoms with E-state index in [0.29, 0.717) is 0 Å². The second kappa shape index (κ2) is 7.04. The summed E-state index contributed by atoms with van der Waals surface area (Å²) in [6.45, 7) is 2.62. The van der Waals surface area contributed by atoms with Crippen LogP contribution in [0.5, 0.6) is 0 Å². The Morgan fingerprint density at radius 3 is 2.00 bits per heavy atom. The fourth-order valence-corrected chi connectivity index (χ4v) is 2.75. The van der Waals surface area contributed by atoms with Crippen LogP contribution in [0.3, 0.4) is 0 Å². The fraction of sp³-hybridized carbons (Fsp3) is 1.00. The van der Waals surface area contributed by atoms with Gasteiger partial charge in [0, 0.05) is 0 Å². The first-order valence-corrected chi connectivity index (χ1v) is 7.25. The molecule has 6 N–H and O–H groups in total. The van der Waals surface area contributed by atoms with Gasteiger partial charge in [0.15, 0.2) is 6.29 Å². The van der Waals surface area contributed by atoms with Gasteiger partial charge >= 0.3 is 0 Å². The van der Waals surface area contributed by atoms with Crippen molar-refractivity contribution < 1.29 is 44.8 Å². The molecule has 2 fully saturated rings. The SMILES string of the molecule is CC1O[C@@H](O[C@H]2C(C)O[C@H](CO)[C@@H](O)C2O)[C@@H](O)[C@@H](O)C1O. The van der Waals surface area contributed by atoms with E-state index in [4.69, 9.17) is 19.3 Å². The molecular formula is C13H24O9. The van der Waals surface area contributed by atoms with Crippen molar-refractivity contribution in [3.8, 4) is 0 Å². The minimum Gasteiger partial charge on any atom is -0.394 e. The lowest BCUT2D eigenvalue weighted by Gasteiger charge is -2.45. The second-order valence-electron chi connectivity index (χ2n) is 5.83. The summed E-state index contributed by atoms with van der Waals surface area (Å²) >= 11 is 0. The Kier molecular flexibility index (Phi) is 5.75. The van der Waals surface area contributed by atoms with Crippen molar-refractivity contribution in [2.75, 3.05) is 6.61 Å². The minimum absolute atomic E-state index is 0.459. The molecule has 0 spiro atoms. The maximum absolute atomic E-state index is 10.1. The summed E-state index contributed by atoms with van der Waals surface area (Å²) in [7, 11) is 0. The van der Waals surface area contributed by atoms with Crippen LogP contribution in [0.2, 0.25) is 0 Å². The van der Waals surface area contributed by atoms with Crippen molar-refractivity contribution in [2.45, 2.75) is 75.1 Å². The van der Waals surface area contributed by atoms with E-state index in [0.717, 1.165) is 0 Å². The summed E-state index contributed by atoms with van der Waals surface area (Å²) in [5.41, 5.74) is 0. The number of hydrogen-bond acceptors (Lipinski definition) is 9. The van der Waals surface area contributed by atoms with Gasteiger partial charge in [-0.05, 0) is 13.8 Å². The van der Waals surface area contributed by atoms with Crippen LogP contribution < -0.4 is 0 Å². The van der Waals surface area contributed by atoms with E-state index in [1.165, 1.54) is 6.92 Å². The summed E-state index contributed by atoms with van der Waals surface area (Å²) in [5.74, 6) is 0. The molecule has 10 atom stereocenters. The van der Waals surface area contributed by atoms with Crippen molar-refractivity contribution in [2.24, 2.45) is 0 Å². The van der Waals surface area contributed by atoms with Crippen LogP contribution in [0.1, 0.15) is 13.8 Å². The van der Waals surface area contributed by atoms with Crippen molar-refractivity contribution in [1.29, 1.82) is 0 Å². The van der Waals surface area contributed by atoms with Crippen LogP contribution in [0, 0.1) is 0 Å². The number of ether oxygens (including phenoxy) is 3. The molecule has 2 saturated heterocycles. The highest BCUT2D eigenvalue weighted by Gasteiger charge is 2.48. The number of aliphatic hydroxyl groups excluding tert-OH is 6. The highest BCUT2D eigenvalue weighted by atomic mass is 16.7. The van der Waals surface area contributed by atoms with E-state index in [-0.39, 0.29) is 0 Å². The quantitative estimate of drug-likeness (QED) is 0.314. The maximum Gasteiger partial charge on any atom is 0.187 e. The van der Waals surface area contributed by atoms with Gasteiger partial charge in [-0.25, -0.2) is 0 Å². The van der Waals surface area contributed by atoms with E-state index < -0.39 is 67.8 Å². The molecule has 2 rings (SSSR count). The van der Waals surface area contributed by atoms with Crippen molar-refractivity contribution >= 4 is 0 Å². The molecule has 0 aromatic carbocycles. The molecule has 0 saturated carbocycles. The highest BCUT2D eigenvalue weighted by molar-refractivity contribution is 4.93. The molecule has 0 radical (unpaired) electrons. The Hall–Kier alpha value is -0.360. The zero-order chi connectivity index (χ0) is 16.6. The van der Waals surface area contributed by atoms with Gasteiger partial charge < -0.3 is 44.8 Å². The van der Waals surface area contributed by atoms with Crippen LogP contribution in [-0.2, 0) is 14.2 Å². The number of rotatable bonds is 3. The van der Waals surface area contributed by atoms with Crippen LogP contribution >= 0.6 is 0 Å². The molecule has 0 aromatic heterocycles. The van der Waals surface area contributed by atoms with Crippen LogP contribution in [0.4, 0.5) is 0 Å². The summed E-state index contributed by atoms with van der Waals surface area (Å²) < 4.78 is 16.1. The first-order valence-electron chi connectivity index (χ1n) is 7.25. The van der Waals surface area contributed by atoms with Crippen LogP contribution in [0.25, 0.3) is 0 Å². The van der Waals surface area contributed by atoms with E-state index in [1.54, 1.807) is 6.92 Å². The molecule has 0 bridgehead atoms. The van der Waals surface area contributed by atoms with Crippen LogP contribution in [0.15, 0.2) is 0 Å². The van der Waals surface area contributed by atoms with Gasteiger partial charge in [0.05, 0.1) is 18.8 Å². The summed E-state index contributed by atoms with van der Waals surface area (Å²) in [4.78, 5) is 0. The number of aliphatic hydroxyl groups is 6. The lowest BCUT2D eigenvalue weighted by Crippen LogP contribution is -2.63. The molecule has 2 heterocycles. The third-order valence-corrected chi connectivity index (χ3v) is 4.20. The summed E-state index contributed by atoms with van der Waals surface area (Å²) in [6.07, 6.45) is -11.7. The predicted octanol–water partition coefficient (Wildman–Crippen LogP) is -3.30. The van der Waals surface area contributed by atoms with Gasteiger partial charge in [-0.3, -0.25) is 0 Å². The molecule has 0 aromatic rings. The van der Waals surface area contributed by atoms with Crippen molar-refractivity contribution in [1.82, 2.24) is 0 Å². The zero-order valence-electron chi connectivity index (χ0n) is 12.4. The van der Waals surface area contributed by atoms with Gasteiger partial charge in [0.25, 0.3) is 0 Å². The molecule has 0 aliphatic carbocycles. The predicted molar refractivity (Wildman–Crippen MR) is 70.7 cm³/mol. The molecular weight excluding hydrogens is 300 g/mol. The summed E-state index contributed by atoms with van der Waals surface area (Å²) in [5, 5.41) is 58.3. The summed E-state index contributed by atoms with van der Waals surface area (Å²) in [6, 6.07) is 0. The Morgan fingerprint density at radius 1 is 0.773 bits per heavy atom. The Morgan fingerprint density at radius 2 is 1.41 bits per heavy atom. The van der Waals surface area contributed by atoms with Crippen molar-refractivity contribution in [3.63, 3.8) is 0 Å². The molecule has 0 amide bonds. The largest absolute Gasteiger partial charge is 0.394 e. The number of hydrogen-bond donors (Lipinski definition) is 6. The first-order chi connectivity index (χ1) is 10.3. The smallest absolute Gasteiger partial charge is 0.187 e. The fourth-order valence-electron chi connectivity index (χ4n) is 2.75. The van der Waals surface area contributed by atoms with Gasteiger partial charge in [-0.2, -0.15) is 0 Å². The molecule has 130 valence electrons. The monoisotopic (exact) mass is 324 g/mol. The van der Waals surface area contributed by atoms with Crippen molar-refractivity contribution in [3.05, 3.63) is 0 Å². The van der Waals surface area contributed by atoms with Gasteiger partial charge in [-0.1, -0.05) is 0 Å². The average molecular weight is 324 g/mol. The third kappa shape index (κ3) is 3.28. The maximum atomic E-state index is 10.1. The Bertz CT molecular complexity index is 367. The molecule has 4 unspecified atom stereocenters. The molecule has 9 heteroatoms. The van der Waals surface area contributed by atoms with E-state index >= 15 is 0 Å². The Labute approximate surface area is 127 Å². The lowest BCUT2D eigenvalue weighted by atomic mass is 9.95. The van der Waals surface area contributed by atoms with Crippen LogP contribution in [-0.4, -0.2) is 98.5 Å². The molecule has 9 nitrogen and oxygen atoms in total. The van der Waals surface area contributed by atoms with E-state index in [9.17, 15) is 25.5 Å². The topological polar surface area (TPSA) is 149 Å².